The standard InChI is InChI=1S/C26H35Cl2N3O4S/c1-7-19(5)29-26(33)23(8-2)30(15-20-11-12-21(27)22(28)14-20)25(32)16-31(36(6,34)35)24-13-17(3)9-10-18(24)4/h9-14,19,23H,7-8,15-16H2,1-6H3,(H,29,33). The topological polar surface area (TPSA) is 86.8 Å². The number of sulfonamides is 1. The second-order valence-corrected chi connectivity index (χ2v) is 11.8. The van der Waals surface area contributed by atoms with Gasteiger partial charge in [0.05, 0.1) is 22.0 Å². The summed E-state index contributed by atoms with van der Waals surface area (Å²) in [6.07, 6.45) is 2.15. The van der Waals surface area contributed by atoms with Crippen molar-refractivity contribution < 1.29 is 18.0 Å². The Balaban J connectivity index is 2.51. The third-order valence-electron chi connectivity index (χ3n) is 6.04. The van der Waals surface area contributed by atoms with Crippen LogP contribution in [-0.2, 0) is 26.2 Å². The van der Waals surface area contributed by atoms with Gasteiger partial charge < -0.3 is 10.2 Å². The smallest absolute Gasteiger partial charge is 0.244 e. The summed E-state index contributed by atoms with van der Waals surface area (Å²) >= 11 is 12.3. The lowest BCUT2D eigenvalue weighted by molar-refractivity contribution is -0.140. The minimum absolute atomic E-state index is 0.0621. The molecule has 0 heterocycles. The second-order valence-electron chi connectivity index (χ2n) is 9.07. The fourth-order valence-corrected chi connectivity index (χ4v) is 5.00. The molecular formula is C26H35Cl2N3O4S. The molecule has 0 aromatic heterocycles. The first-order valence-corrected chi connectivity index (χ1v) is 14.5. The van der Waals surface area contributed by atoms with Crippen LogP contribution < -0.4 is 9.62 Å². The number of halogens is 2. The number of hydrogen-bond acceptors (Lipinski definition) is 4. The summed E-state index contributed by atoms with van der Waals surface area (Å²) in [5, 5.41) is 3.64. The Bertz CT molecular complexity index is 1200. The van der Waals surface area contributed by atoms with Crippen LogP contribution in [0.3, 0.4) is 0 Å². The maximum absolute atomic E-state index is 13.8. The van der Waals surface area contributed by atoms with Crippen LogP contribution >= 0.6 is 23.2 Å². The molecule has 0 saturated carbocycles. The van der Waals surface area contributed by atoms with Gasteiger partial charge in [0.2, 0.25) is 21.8 Å². The molecule has 10 heteroatoms. The van der Waals surface area contributed by atoms with E-state index in [-0.39, 0.29) is 18.5 Å². The summed E-state index contributed by atoms with van der Waals surface area (Å²) in [7, 11) is -3.80. The first-order valence-electron chi connectivity index (χ1n) is 11.9. The van der Waals surface area contributed by atoms with Gasteiger partial charge in [-0.05, 0) is 68.5 Å². The Morgan fingerprint density at radius 3 is 2.22 bits per heavy atom. The summed E-state index contributed by atoms with van der Waals surface area (Å²) in [6.45, 7) is 8.92. The zero-order valence-corrected chi connectivity index (χ0v) is 24.0. The van der Waals surface area contributed by atoms with Crippen molar-refractivity contribution in [2.45, 2.75) is 66.1 Å². The lowest BCUT2D eigenvalue weighted by atomic mass is 10.1. The van der Waals surface area contributed by atoms with Crippen LogP contribution in [0.1, 0.15) is 50.3 Å². The summed E-state index contributed by atoms with van der Waals surface area (Å²) in [6, 6.07) is 9.55. The molecule has 2 amide bonds. The molecule has 0 radical (unpaired) electrons. The monoisotopic (exact) mass is 555 g/mol. The largest absolute Gasteiger partial charge is 0.352 e. The lowest BCUT2D eigenvalue weighted by Crippen LogP contribution is -2.53. The zero-order valence-electron chi connectivity index (χ0n) is 21.6. The molecule has 0 saturated heterocycles. The van der Waals surface area contributed by atoms with Gasteiger partial charge >= 0.3 is 0 Å². The fraction of sp³-hybridized carbons (Fsp3) is 0.462. The van der Waals surface area contributed by atoms with Crippen LogP contribution in [0, 0.1) is 13.8 Å². The molecule has 2 aromatic carbocycles. The van der Waals surface area contributed by atoms with Crippen molar-refractivity contribution in [2.24, 2.45) is 0 Å². The third kappa shape index (κ3) is 7.85. The molecule has 2 rings (SSSR count). The number of carbonyl (C=O) groups is 2. The quantitative estimate of drug-likeness (QED) is 0.418. The number of aryl methyl sites for hydroxylation is 2. The highest BCUT2D eigenvalue weighted by Crippen LogP contribution is 2.26. The van der Waals surface area contributed by atoms with E-state index in [1.807, 2.05) is 39.8 Å². The number of nitrogens with one attached hydrogen (secondary N) is 1. The van der Waals surface area contributed by atoms with Gasteiger partial charge in [-0.2, -0.15) is 0 Å². The van der Waals surface area contributed by atoms with Gasteiger partial charge in [-0.15, -0.1) is 0 Å². The van der Waals surface area contributed by atoms with Crippen LogP contribution in [0.4, 0.5) is 5.69 Å². The fourth-order valence-electron chi connectivity index (χ4n) is 3.78. The van der Waals surface area contributed by atoms with Crippen molar-refractivity contribution in [2.75, 3.05) is 17.1 Å². The first-order chi connectivity index (χ1) is 16.8. The Morgan fingerprint density at radius 2 is 1.67 bits per heavy atom. The molecule has 7 nitrogen and oxygen atoms in total. The van der Waals surface area contributed by atoms with Crippen LogP contribution in [-0.4, -0.2) is 50.0 Å². The zero-order chi connectivity index (χ0) is 27.2. The van der Waals surface area contributed by atoms with E-state index in [1.165, 1.54) is 4.90 Å². The normalized spacial score (nSPS) is 13.1. The number of carbonyl (C=O) groups excluding carboxylic acids is 2. The number of amides is 2. The number of anilines is 1. The van der Waals surface area contributed by atoms with Gasteiger partial charge in [0, 0.05) is 12.6 Å². The maximum Gasteiger partial charge on any atom is 0.244 e. The molecule has 2 unspecified atom stereocenters. The molecule has 2 atom stereocenters. The van der Waals surface area contributed by atoms with E-state index >= 15 is 0 Å². The van der Waals surface area contributed by atoms with Gasteiger partial charge in [-0.3, -0.25) is 13.9 Å². The molecule has 0 fully saturated rings. The molecule has 0 aliphatic carbocycles. The average molecular weight is 557 g/mol. The van der Waals surface area contributed by atoms with Gasteiger partial charge in [0.1, 0.15) is 12.6 Å². The maximum atomic E-state index is 13.8. The molecule has 0 bridgehead atoms. The molecule has 0 aliphatic rings. The minimum Gasteiger partial charge on any atom is -0.352 e. The van der Waals surface area contributed by atoms with Crippen LogP contribution in [0.5, 0.6) is 0 Å². The first kappa shape index (κ1) is 29.9. The number of rotatable bonds is 11. The highest BCUT2D eigenvalue weighted by Gasteiger charge is 2.32. The molecule has 36 heavy (non-hydrogen) atoms. The summed E-state index contributed by atoms with van der Waals surface area (Å²) < 4.78 is 26.7. The number of hydrogen-bond donors (Lipinski definition) is 1. The molecular weight excluding hydrogens is 521 g/mol. The van der Waals surface area contributed by atoms with Crippen molar-refractivity contribution >= 4 is 50.7 Å². The average Bonchev–Trinajstić information content (AvgIpc) is 2.80. The summed E-state index contributed by atoms with van der Waals surface area (Å²) in [4.78, 5) is 28.4. The summed E-state index contributed by atoms with van der Waals surface area (Å²) in [5.74, 6) is -0.795. The Hall–Kier alpha value is -2.29. The second kappa shape index (κ2) is 12.8. The highest BCUT2D eigenvalue weighted by atomic mass is 35.5. The van der Waals surface area contributed by atoms with Gasteiger partial charge in [-0.25, -0.2) is 8.42 Å². The van der Waals surface area contributed by atoms with Crippen LogP contribution in [0.25, 0.3) is 0 Å². The minimum atomic E-state index is -3.80. The van der Waals surface area contributed by atoms with Crippen molar-refractivity contribution in [3.63, 3.8) is 0 Å². The number of benzene rings is 2. The van der Waals surface area contributed by atoms with E-state index in [9.17, 15) is 18.0 Å². The van der Waals surface area contributed by atoms with E-state index < -0.39 is 28.5 Å². The van der Waals surface area contributed by atoms with E-state index in [2.05, 4.69) is 5.32 Å². The Labute approximate surface area is 224 Å². The van der Waals surface area contributed by atoms with Crippen molar-refractivity contribution in [3.05, 3.63) is 63.1 Å². The van der Waals surface area contributed by atoms with Crippen molar-refractivity contribution in [3.8, 4) is 0 Å². The van der Waals surface area contributed by atoms with Gasteiger partial charge in [0.15, 0.2) is 0 Å². The predicted octanol–water partition coefficient (Wildman–Crippen LogP) is 5.10. The van der Waals surface area contributed by atoms with E-state index in [0.717, 1.165) is 28.1 Å². The predicted molar refractivity (Wildman–Crippen MR) is 147 cm³/mol. The van der Waals surface area contributed by atoms with E-state index in [0.29, 0.717) is 27.7 Å². The molecule has 1 N–H and O–H groups in total. The highest BCUT2D eigenvalue weighted by molar-refractivity contribution is 7.92. The SMILES string of the molecule is CCC(C)NC(=O)C(CC)N(Cc1ccc(Cl)c(Cl)c1)C(=O)CN(c1cc(C)ccc1C)S(C)(=O)=O. The van der Waals surface area contributed by atoms with Crippen LogP contribution in [0.15, 0.2) is 36.4 Å². The molecule has 0 aliphatic heterocycles. The van der Waals surface area contributed by atoms with Gasteiger partial charge in [0.25, 0.3) is 0 Å². The molecule has 198 valence electrons. The number of nitrogens with zero attached hydrogens (tertiary/aromatic N) is 2. The molecule has 2 aromatic rings. The van der Waals surface area contributed by atoms with Gasteiger partial charge in [-0.1, -0.05) is 55.2 Å². The van der Waals surface area contributed by atoms with E-state index in [1.54, 1.807) is 31.2 Å². The van der Waals surface area contributed by atoms with Crippen molar-refractivity contribution in [1.29, 1.82) is 0 Å². The summed E-state index contributed by atoms with van der Waals surface area (Å²) in [5.41, 5.74) is 2.68. The molecule has 0 spiro atoms. The Kier molecular flexibility index (Phi) is 10.6. The van der Waals surface area contributed by atoms with Crippen molar-refractivity contribution in [1.82, 2.24) is 10.2 Å². The third-order valence-corrected chi connectivity index (χ3v) is 7.90. The van der Waals surface area contributed by atoms with E-state index in [4.69, 9.17) is 23.2 Å². The lowest BCUT2D eigenvalue weighted by Gasteiger charge is -2.33. The Morgan fingerprint density at radius 1 is 1.00 bits per heavy atom. The van der Waals surface area contributed by atoms with Crippen LogP contribution in [0.2, 0.25) is 10.0 Å².